The number of hydrogen-bond acceptors (Lipinski definition) is 5. The summed E-state index contributed by atoms with van der Waals surface area (Å²) in [6.45, 7) is 8.99. The highest BCUT2D eigenvalue weighted by Crippen LogP contribution is 2.35. The highest BCUT2D eigenvalue weighted by atomic mass is 35.5. The number of morpholine rings is 1. The minimum absolute atomic E-state index is 0.121. The van der Waals surface area contributed by atoms with E-state index in [0.29, 0.717) is 41.8 Å². The molecule has 1 amide bonds. The van der Waals surface area contributed by atoms with E-state index in [1.807, 2.05) is 50.0 Å². The first-order valence-corrected chi connectivity index (χ1v) is 12.3. The SMILES string of the molecule is CC(C)(C)OC(=O)c1ccc(-c2cc(Cl)c(CC3CCN(N4CCOCC4)C3=O)c(Cl)c2)cc1. The zero-order valence-electron chi connectivity index (χ0n) is 19.8. The second kappa shape index (κ2) is 10.2. The topological polar surface area (TPSA) is 59.1 Å². The molecule has 2 aromatic rings. The van der Waals surface area contributed by atoms with E-state index >= 15 is 0 Å². The summed E-state index contributed by atoms with van der Waals surface area (Å²) < 4.78 is 10.8. The van der Waals surface area contributed by atoms with Crippen LogP contribution in [-0.2, 0) is 20.7 Å². The molecule has 0 spiro atoms. The van der Waals surface area contributed by atoms with Crippen molar-refractivity contribution in [2.24, 2.45) is 5.92 Å². The van der Waals surface area contributed by atoms with Crippen molar-refractivity contribution in [2.45, 2.75) is 39.2 Å². The Balaban J connectivity index is 1.46. The summed E-state index contributed by atoms with van der Waals surface area (Å²) in [5.41, 5.74) is 2.46. The van der Waals surface area contributed by atoms with Crippen LogP contribution in [0.1, 0.15) is 43.1 Å². The number of benzene rings is 2. The van der Waals surface area contributed by atoms with Crippen molar-refractivity contribution in [3.63, 3.8) is 0 Å². The molecule has 0 aliphatic carbocycles. The Kier molecular flexibility index (Phi) is 7.53. The van der Waals surface area contributed by atoms with Crippen molar-refractivity contribution < 1.29 is 19.1 Å². The molecule has 0 N–H and O–H groups in total. The lowest BCUT2D eigenvalue weighted by molar-refractivity contribution is -0.153. The number of ether oxygens (including phenoxy) is 2. The Hall–Kier alpha value is -2.12. The Morgan fingerprint density at radius 3 is 2.24 bits per heavy atom. The first kappa shape index (κ1) is 25.0. The normalized spacial score (nSPS) is 19.5. The molecule has 0 saturated carbocycles. The molecule has 182 valence electrons. The van der Waals surface area contributed by atoms with Gasteiger partial charge in [0, 0.05) is 35.6 Å². The van der Waals surface area contributed by atoms with Crippen molar-refractivity contribution in [3.8, 4) is 11.1 Å². The quantitative estimate of drug-likeness (QED) is 0.520. The van der Waals surface area contributed by atoms with Gasteiger partial charge in [-0.2, -0.15) is 0 Å². The molecule has 0 radical (unpaired) electrons. The van der Waals surface area contributed by atoms with Gasteiger partial charge < -0.3 is 9.47 Å². The fourth-order valence-electron chi connectivity index (χ4n) is 4.33. The van der Waals surface area contributed by atoms with Crippen LogP contribution < -0.4 is 0 Å². The second-order valence-corrected chi connectivity index (χ2v) is 10.5. The van der Waals surface area contributed by atoms with E-state index in [2.05, 4.69) is 5.01 Å². The van der Waals surface area contributed by atoms with Gasteiger partial charge in [-0.3, -0.25) is 9.80 Å². The number of hydrogen-bond donors (Lipinski definition) is 0. The van der Waals surface area contributed by atoms with Crippen LogP contribution in [0.4, 0.5) is 0 Å². The van der Waals surface area contributed by atoms with Gasteiger partial charge in [0.05, 0.1) is 18.8 Å². The van der Waals surface area contributed by atoms with Gasteiger partial charge in [0.2, 0.25) is 5.91 Å². The minimum Gasteiger partial charge on any atom is -0.456 e. The van der Waals surface area contributed by atoms with Crippen LogP contribution in [0.5, 0.6) is 0 Å². The number of rotatable bonds is 5. The highest BCUT2D eigenvalue weighted by molar-refractivity contribution is 6.36. The Bertz CT molecular complexity index is 1040. The van der Waals surface area contributed by atoms with Gasteiger partial charge in [0.25, 0.3) is 0 Å². The van der Waals surface area contributed by atoms with Gasteiger partial charge in [-0.05, 0) is 74.6 Å². The van der Waals surface area contributed by atoms with E-state index in [9.17, 15) is 9.59 Å². The first-order chi connectivity index (χ1) is 16.1. The second-order valence-electron chi connectivity index (χ2n) is 9.71. The number of hydrazine groups is 1. The predicted octanol–water partition coefficient (Wildman–Crippen LogP) is 5.25. The summed E-state index contributed by atoms with van der Waals surface area (Å²) in [7, 11) is 0. The van der Waals surface area contributed by atoms with Crippen LogP contribution >= 0.6 is 23.2 Å². The molecule has 1 atom stereocenters. The summed E-state index contributed by atoms with van der Waals surface area (Å²) in [6.07, 6.45) is 1.28. The van der Waals surface area contributed by atoms with Gasteiger partial charge in [0.1, 0.15) is 5.60 Å². The van der Waals surface area contributed by atoms with Crippen LogP contribution in [0.15, 0.2) is 36.4 Å². The number of amides is 1. The van der Waals surface area contributed by atoms with Crippen LogP contribution in [0.2, 0.25) is 10.0 Å². The van der Waals surface area contributed by atoms with E-state index in [1.54, 1.807) is 12.1 Å². The van der Waals surface area contributed by atoms with E-state index in [-0.39, 0.29) is 17.8 Å². The molecule has 2 heterocycles. The lowest BCUT2D eigenvalue weighted by Gasteiger charge is -2.34. The fraction of sp³-hybridized carbons (Fsp3) is 0.462. The predicted molar refractivity (Wildman–Crippen MR) is 133 cm³/mol. The van der Waals surface area contributed by atoms with Crippen molar-refractivity contribution >= 4 is 35.1 Å². The van der Waals surface area contributed by atoms with E-state index in [4.69, 9.17) is 32.7 Å². The standard InChI is InChI=1S/C26H30Cl2N2O4/c1-26(2,3)34-25(32)18-6-4-17(5-7-18)20-15-22(27)21(23(28)16-20)14-19-8-9-30(24(19)31)29-10-12-33-13-11-29/h4-7,15-16,19H,8-14H2,1-3H3. The number of esters is 1. The summed E-state index contributed by atoms with van der Waals surface area (Å²) in [4.78, 5) is 25.3. The number of carbonyl (C=O) groups excluding carboxylic acids is 2. The van der Waals surface area contributed by atoms with Crippen LogP contribution in [0.25, 0.3) is 11.1 Å². The minimum atomic E-state index is -0.549. The van der Waals surface area contributed by atoms with Crippen molar-refractivity contribution in [1.82, 2.24) is 10.0 Å². The molecular weight excluding hydrogens is 475 g/mol. The molecule has 0 bridgehead atoms. The molecule has 2 fully saturated rings. The zero-order chi connectivity index (χ0) is 24.5. The molecule has 4 rings (SSSR count). The first-order valence-electron chi connectivity index (χ1n) is 11.6. The van der Waals surface area contributed by atoms with Crippen LogP contribution in [0, 0.1) is 5.92 Å². The average molecular weight is 505 g/mol. The Morgan fingerprint density at radius 2 is 1.65 bits per heavy atom. The number of halogens is 2. The smallest absolute Gasteiger partial charge is 0.338 e. The van der Waals surface area contributed by atoms with Crippen molar-refractivity contribution in [3.05, 3.63) is 57.6 Å². The molecule has 6 nitrogen and oxygen atoms in total. The molecule has 2 aliphatic rings. The lowest BCUT2D eigenvalue weighted by Crippen LogP contribution is -2.49. The molecular formula is C26H30Cl2N2O4. The van der Waals surface area contributed by atoms with Gasteiger partial charge in [-0.1, -0.05) is 35.3 Å². The van der Waals surface area contributed by atoms with Gasteiger partial charge in [-0.25, -0.2) is 9.80 Å². The van der Waals surface area contributed by atoms with E-state index in [1.165, 1.54) is 0 Å². The lowest BCUT2D eigenvalue weighted by atomic mass is 9.95. The molecule has 2 saturated heterocycles. The molecule has 8 heteroatoms. The van der Waals surface area contributed by atoms with Gasteiger partial charge in [0.15, 0.2) is 0 Å². The van der Waals surface area contributed by atoms with Gasteiger partial charge >= 0.3 is 5.97 Å². The Morgan fingerprint density at radius 1 is 1.03 bits per heavy atom. The molecule has 0 aromatic heterocycles. The molecule has 1 unspecified atom stereocenters. The molecule has 2 aromatic carbocycles. The third-order valence-electron chi connectivity index (χ3n) is 6.07. The van der Waals surface area contributed by atoms with E-state index < -0.39 is 5.60 Å². The maximum atomic E-state index is 13.0. The monoisotopic (exact) mass is 504 g/mol. The largest absolute Gasteiger partial charge is 0.456 e. The van der Waals surface area contributed by atoms with Crippen molar-refractivity contribution in [1.29, 1.82) is 0 Å². The summed E-state index contributed by atoms with van der Waals surface area (Å²) in [5.74, 6) is -0.384. The Labute approximate surface area is 210 Å². The van der Waals surface area contributed by atoms with Gasteiger partial charge in [-0.15, -0.1) is 0 Å². The highest BCUT2D eigenvalue weighted by Gasteiger charge is 2.36. The zero-order valence-corrected chi connectivity index (χ0v) is 21.3. The van der Waals surface area contributed by atoms with Crippen LogP contribution in [0.3, 0.4) is 0 Å². The number of nitrogens with zero attached hydrogens (tertiary/aromatic N) is 2. The summed E-state index contributed by atoms with van der Waals surface area (Å²) in [6, 6.07) is 10.9. The van der Waals surface area contributed by atoms with Crippen molar-refractivity contribution in [2.75, 3.05) is 32.8 Å². The molecule has 2 aliphatic heterocycles. The average Bonchev–Trinajstić information content (AvgIpc) is 3.15. The molecule has 34 heavy (non-hydrogen) atoms. The maximum Gasteiger partial charge on any atom is 0.338 e. The maximum absolute atomic E-state index is 13.0. The van der Waals surface area contributed by atoms with Crippen LogP contribution in [-0.4, -0.2) is 60.3 Å². The summed E-state index contributed by atoms with van der Waals surface area (Å²) in [5, 5.41) is 5.02. The third kappa shape index (κ3) is 5.74. The number of carbonyl (C=O) groups is 2. The fourth-order valence-corrected chi connectivity index (χ4v) is 4.98. The third-order valence-corrected chi connectivity index (χ3v) is 6.74. The summed E-state index contributed by atoms with van der Waals surface area (Å²) >= 11 is 13.3. The van der Waals surface area contributed by atoms with E-state index in [0.717, 1.165) is 36.2 Å².